The second kappa shape index (κ2) is 6.25. The average Bonchev–Trinajstić information content (AvgIpc) is 3.26. The fraction of sp³-hybridized carbons (Fsp3) is 0.421. The summed E-state index contributed by atoms with van der Waals surface area (Å²) in [5.41, 5.74) is 1.18. The number of nitrogens with zero attached hydrogens (tertiary/aromatic N) is 4. The minimum atomic E-state index is -0.239. The lowest BCUT2D eigenvalue weighted by molar-refractivity contribution is -0.123. The van der Waals surface area contributed by atoms with Gasteiger partial charge in [-0.3, -0.25) is 19.5 Å². The molecule has 2 aromatic heterocycles. The minimum Gasteiger partial charge on any atom is -0.469 e. The highest BCUT2D eigenvalue weighted by Crippen LogP contribution is 2.34. The normalized spacial score (nSPS) is 23.8. The van der Waals surface area contributed by atoms with E-state index in [-0.39, 0.29) is 17.4 Å². The van der Waals surface area contributed by atoms with Gasteiger partial charge in [-0.15, -0.1) is 0 Å². The number of anilines is 1. The molecule has 0 bridgehead atoms. The van der Waals surface area contributed by atoms with E-state index >= 15 is 0 Å². The van der Waals surface area contributed by atoms with Gasteiger partial charge in [-0.25, -0.2) is 0 Å². The summed E-state index contributed by atoms with van der Waals surface area (Å²) < 4.78 is 5.27. The zero-order valence-electron chi connectivity index (χ0n) is 15.0. The Balaban J connectivity index is 1.57. The third kappa shape index (κ3) is 2.68. The topological polar surface area (TPSA) is 69.9 Å². The van der Waals surface area contributed by atoms with Gasteiger partial charge in [0, 0.05) is 25.8 Å². The Morgan fingerprint density at radius 1 is 1.31 bits per heavy atom. The average molecular weight is 354 g/mol. The Hall–Kier alpha value is -2.67. The van der Waals surface area contributed by atoms with Crippen molar-refractivity contribution < 1.29 is 14.0 Å². The summed E-state index contributed by atoms with van der Waals surface area (Å²) in [6.07, 6.45) is 5.78. The van der Waals surface area contributed by atoms with Gasteiger partial charge in [0.2, 0.25) is 5.91 Å². The highest BCUT2D eigenvalue weighted by molar-refractivity contribution is 5.97. The predicted octanol–water partition coefficient (Wildman–Crippen LogP) is 1.55. The summed E-state index contributed by atoms with van der Waals surface area (Å²) in [5.74, 6) is 0.688. The predicted molar refractivity (Wildman–Crippen MR) is 95.9 cm³/mol. The molecule has 4 rings (SSSR count). The number of furan rings is 1. The molecular formula is C19H22N4O3. The number of piperazine rings is 1. The fourth-order valence-electron chi connectivity index (χ4n) is 3.96. The number of carbonyl (C=O) groups excluding carboxylic acids is 2. The van der Waals surface area contributed by atoms with Crippen LogP contribution in [0.15, 0.2) is 41.3 Å². The van der Waals surface area contributed by atoms with Gasteiger partial charge in [0.15, 0.2) is 0 Å². The molecule has 2 saturated heterocycles. The number of pyridine rings is 1. The Bertz CT molecular complexity index is 834. The highest BCUT2D eigenvalue weighted by Gasteiger charge is 2.49. The van der Waals surface area contributed by atoms with Gasteiger partial charge in [-0.05, 0) is 38.6 Å². The van der Waals surface area contributed by atoms with E-state index in [9.17, 15) is 9.59 Å². The van der Waals surface area contributed by atoms with Gasteiger partial charge < -0.3 is 14.2 Å². The van der Waals surface area contributed by atoms with Crippen molar-refractivity contribution >= 4 is 17.5 Å². The summed E-state index contributed by atoms with van der Waals surface area (Å²) in [4.78, 5) is 35.3. The van der Waals surface area contributed by atoms with E-state index in [2.05, 4.69) is 9.88 Å². The Morgan fingerprint density at radius 2 is 2.15 bits per heavy atom. The monoisotopic (exact) mass is 354 g/mol. The number of aryl methyl sites for hydroxylation is 1. The van der Waals surface area contributed by atoms with E-state index in [4.69, 9.17) is 4.42 Å². The number of carbonyl (C=O) groups is 2. The lowest BCUT2D eigenvalue weighted by Crippen LogP contribution is -2.64. The minimum absolute atomic E-state index is 0.00801. The molecule has 136 valence electrons. The summed E-state index contributed by atoms with van der Waals surface area (Å²) >= 11 is 0. The molecule has 26 heavy (non-hydrogen) atoms. The number of hydrogen-bond acceptors (Lipinski definition) is 5. The van der Waals surface area contributed by atoms with E-state index in [0.717, 1.165) is 12.1 Å². The molecule has 0 saturated carbocycles. The molecule has 2 aromatic rings. The number of likely N-dealkylation sites (N-methyl/N-ethyl adjacent to an activating group) is 1. The summed E-state index contributed by atoms with van der Waals surface area (Å²) in [6, 6.07) is 5.45. The number of amides is 2. The summed E-state index contributed by atoms with van der Waals surface area (Å²) in [5, 5.41) is 0. The van der Waals surface area contributed by atoms with E-state index in [1.165, 1.54) is 0 Å². The lowest BCUT2D eigenvalue weighted by Gasteiger charge is -2.46. The van der Waals surface area contributed by atoms with E-state index in [1.807, 2.05) is 24.1 Å². The molecular weight excluding hydrogens is 332 g/mol. The summed E-state index contributed by atoms with van der Waals surface area (Å²) in [6.45, 7) is 3.96. The molecule has 0 N–H and O–H groups in total. The number of hydrogen-bond donors (Lipinski definition) is 0. The Labute approximate surface area is 152 Å². The standard InChI is InChI=1S/C19H22N4O3/c1-14-16(5-9-26-14)18(25)22-8-6-19(12-22)13-23(17(24)11-21(19)2)15-4-3-7-20-10-15/h3-5,7,9-10H,6,8,11-13H2,1-2H3/t19-/m1/s1. The second-order valence-corrected chi connectivity index (χ2v) is 7.14. The van der Waals surface area contributed by atoms with Gasteiger partial charge in [-0.1, -0.05) is 0 Å². The van der Waals surface area contributed by atoms with Gasteiger partial charge in [0.1, 0.15) is 5.76 Å². The SMILES string of the molecule is Cc1occc1C(=O)N1CC[C@@]2(C1)CN(c1cccnc1)C(=O)CN2C. The molecule has 2 aliphatic rings. The van der Waals surface area contributed by atoms with Crippen molar-refractivity contribution in [1.29, 1.82) is 0 Å². The van der Waals surface area contributed by atoms with Crippen LogP contribution in [0.25, 0.3) is 0 Å². The Morgan fingerprint density at radius 3 is 2.85 bits per heavy atom. The van der Waals surface area contributed by atoms with Crippen molar-refractivity contribution in [3.63, 3.8) is 0 Å². The van der Waals surface area contributed by atoms with Crippen LogP contribution >= 0.6 is 0 Å². The molecule has 0 aromatic carbocycles. The Kier molecular flexibility index (Phi) is 4.03. The maximum atomic E-state index is 12.8. The van der Waals surface area contributed by atoms with Crippen LogP contribution in [-0.4, -0.2) is 65.4 Å². The molecule has 2 aliphatic heterocycles. The van der Waals surface area contributed by atoms with Crippen LogP contribution in [0.3, 0.4) is 0 Å². The maximum Gasteiger partial charge on any atom is 0.257 e. The van der Waals surface area contributed by atoms with Gasteiger partial charge in [-0.2, -0.15) is 0 Å². The van der Waals surface area contributed by atoms with Gasteiger partial charge in [0.25, 0.3) is 5.91 Å². The molecule has 0 radical (unpaired) electrons. The first-order chi connectivity index (χ1) is 12.5. The molecule has 2 amide bonds. The van der Waals surface area contributed by atoms with Crippen LogP contribution in [0.4, 0.5) is 5.69 Å². The molecule has 7 nitrogen and oxygen atoms in total. The first-order valence-electron chi connectivity index (χ1n) is 8.75. The molecule has 0 aliphatic carbocycles. The first-order valence-corrected chi connectivity index (χ1v) is 8.75. The van der Waals surface area contributed by atoms with Crippen LogP contribution in [0, 0.1) is 6.92 Å². The zero-order chi connectivity index (χ0) is 18.3. The van der Waals surface area contributed by atoms with Crippen LogP contribution < -0.4 is 4.90 Å². The van der Waals surface area contributed by atoms with Crippen molar-refractivity contribution in [1.82, 2.24) is 14.8 Å². The van der Waals surface area contributed by atoms with Crippen molar-refractivity contribution in [2.45, 2.75) is 18.9 Å². The molecule has 0 unspecified atom stereocenters. The van der Waals surface area contributed by atoms with E-state index in [1.54, 1.807) is 36.5 Å². The largest absolute Gasteiger partial charge is 0.469 e. The maximum absolute atomic E-state index is 12.8. The van der Waals surface area contributed by atoms with Crippen LogP contribution in [0.1, 0.15) is 22.5 Å². The number of rotatable bonds is 2. The summed E-state index contributed by atoms with van der Waals surface area (Å²) in [7, 11) is 1.97. The van der Waals surface area contributed by atoms with Crippen LogP contribution in [0.5, 0.6) is 0 Å². The van der Waals surface area contributed by atoms with E-state index < -0.39 is 0 Å². The molecule has 7 heteroatoms. The van der Waals surface area contributed by atoms with Gasteiger partial charge in [0.05, 0.1) is 35.8 Å². The quantitative estimate of drug-likeness (QED) is 0.818. The smallest absolute Gasteiger partial charge is 0.257 e. The van der Waals surface area contributed by atoms with Crippen molar-refractivity contribution in [2.75, 3.05) is 38.1 Å². The van der Waals surface area contributed by atoms with Crippen molar-refractivity contribution in [2.24, 2.45) is 0 Å². The zero-order valence-corrected chi connectivity index (χ0v) is 15.0. The molecule has 4 heterocycles. The fourth-order valence-corrected chi connectivity index (χ4v) is 3.96. The van der Waals surface area contributed by atoms with Crippen LogP contribution in [0.2, 0.25) is 0 Å². The third-order valence-corrected chi connectivity index (χ3v) is 5.60. The number of likely N-dealkylation sites (tertiary alicyclic amines) is 1. The van der Waals surface area contributed by atoms with Crippen molar-refractivity contribution in [3.05, 3.63) is 48.2 Å². The van der Waals surface area contributed by atoms with E-state index in [0.29, 0.717) is 37.5 Å². The lowest BCUT2D eigenvalue weighted by atomic mass is 9.92. The second-order valence-electron chi connectivity index (χ2n) is 7.14. The van der Waals surface area contributed by atoms with Crippen molar-refractivity contribution in [3.8, 4) is 0 Å². The molecule has 2 fully saturated rings. The molecule has 1 spiro atoms. The molecule has 1 atom stereocenters. The third-order valence-electron chi connectivity index (χ3n) is 5.60. The highest BCUT2D eigenvalue weighted by atomic mass is 16.3. The number of aromatic nitrogens is 1. The van der Waals surface area contributed by atoms with Crippen LogP contribution in [-0.2, 0) is 4.79 Å². The van der Waals surface area contributed by atoms with Gasteiger partial charge >= 0.3 is 0 Å². The first kappa shape index (κ1) is 16.8.